The number of carbonyl (C=O) groups is 4. The summed E-state index contributed by atoms with van der Waals surface area (Å²) in [5, 5.41) is 0. The van der Waals surface area contributed by atoms with Crippen LogP contribution in [0.3, 0.4) is 0 Å². The number of carbonyl (C=O) groups excluding carboxylic acids is 4. The van der Waals surface area contributed by atoms with Crippen molar-refractivity contribution in [2.45, 2.75) is 40.5 Å². The van der Waals surface area contributed by atoms with Crippen LogP contribution in [0.15, 0.2) is 23.8 Å². The van der Waals surface area contributed by atoms with Crippen molar-refractivity contribution in [3.05, 3.63) is 40.5 Å². The van der Waals surface area contributed by atoms with E-state index in [0.29, 0.717) is 0 Å². The fourth-order valence-corrected chi connectivity index (χ4v) is 2.03. The van der Waals surface area contributed by atoms with E-state index in [1.54, 1.807) is 0 Å². The Kier molecular flexibility index (Phi) is 6.11. The highest BCUT2D eigenvalue weighted by molar-refractivity contribution is 6.28. The van der Waals surface area contributed by atoms with Gasteiger partial charge in [0.15, 0.2) is 11.6 Å². The van der Waals surface area contributed by atoms with Crippen molar-refractivity contribution in [1.29, 1.82) is 0 Å². The minimum Gasteiger partial charge on any atom is -0.300 e. The second kappa shape index (κ2) is 7.59. The van der Waals surface area contributed by atoms with E-state index >= 15 is 0 Å². The molecule has 1 rings (SSSR count). The van der Waals surface area contributed by atoms with Gasteiger partial charge in [0.25, 0.3) is 0 Å². The standard InChI is InChI=1S/C18H20O4/c1-11-5-6-12(2)15(7-11)10-16(17(21)8-13(3)19)18(22)9-14(4)20/h5-7,10H,8-9H2,1-4H3. The smallest absolute Gasteiger partial charge is 0.173 e. The van der Waals surface area contributed by atoms with Crippen LogP contribution in [0.4, 0.5) is 0 Å². The quantitative estimate of drug-likeness (QED) is 0.441. The highest BCUT2D eigenvalue weighted by Gasteiger charge is 2.21. The molecule has 0 amide bonds. The lowest BCUT2D eigenvalue weighted by atomic mass is 9.95. The minimum absolute atomic E-state index is 0.0842. The number of allylic oxidation sites excluding steroid dienone is 1. The van der Waals surface area contributed by atoms with Gasteiger partial charge in [-0.3, -0.25) is 19.2 Å². The monoisotopic (exact) mass is 300 g/mol. The van der Waals surface area contributed by atoms with Crippen LogP contribution in [0.25, 0.3) is 6.08 Å². The number of benzene rings is 1. The molecule has 0 heterocycles. The molecule has 0 radical (unpaired) electrons. The molecular weight excluding hydrogens is 280 g/mol. The zero-order chi connectivity index (χ0) is 16.9. The molecule has 0 aliphatic carbocycles. The average molecular weight is 300 g/mol. The third kappa shape index (κ3) is 5.20. The summed E-state index contributed by atoms with van der Waals surface area (Å²) in [4.78, 5) is 46.6. The molecule has 4 nitrogen and oxygen atoms in total. The first-order valence-electron chi connectivity index (χ1n) is 7.05. The normalized spacial score (nSPS) is 10.0. The summed E-state index contributed by atoms with van der Waals surface area (Å²) in [6.45, 7) is 6.37. The van der Waals surface area contributed by atoms with Crippen molar-refractivity contribution in [2.24, 2.45) is 0 Å². The van der Waals surface area contributed by atoms with Crippen LogP contribution < -0.4 is 0 Å². The van der Waals surface area contributed by atoms with Gasteiger partial charge in [0.05, 0.1) is 18.4 Å². The SMILES string of the molecule is CC(=O)CC(=O)C(=Cc1cc(C)ccc1C)C(=O)CC(C)=O. The predicted octanol–water partition coefficient (Wildman–Crippen LogP) is 2.78. The number of aryl methyl sites for hydroxylation is 2. The van der Waals surface area contributed by atoms with Gasteiger partial charge in [0.1, 0.15) is 11.6 Å². The van der Waals surface area contributed by atoms with Crippen molar-refractivity contribution >= 4 is 29.2 Å². The zero-order valence-electron chi connectivity index (χ0n) is 13.4. The minimum atomic E-state index is -0.542. The van der Waals surface area contributed by atoms with Gasteiger partial charge in [-0.1, -0.05) is 23.8 Å². The van der Waals surface area contributed by atoms with Crippen LogP contribution in [0, 0.1) is 13.8 Å². The summed E-state index contributed by atoms with van der Waals surface area (Å²) in [5.41, 5.74) is 2.56. The molecule has 1 aromatic rings. The maximum atomic E-state index is 12.2. The van der Waals surface area contributed by atoms with Gasteiger partial charge in [0.2, 0.25) is 0 Å². The van der Waals surface area contributed by atoms with Gasteiger partial charge in [-0.15, -0.1) is 0 Å². The Hall–Kier alpha value is -2.36. The van der Waals surface area contributed by atoms with E-state index < -0.39 is 11.6 Å². The Balaban J connectivity index is 3.29. The second-order valence-electron chi connectivity index (χ2n) is 5.52. The molecule has 0 aliphatic rings. The fourth-order valence-electron chi connectivity index (χ4n) is 2.03. The predicted molar refractivity (Wildman–Crippen MR) is 84.5 cm³/mol. The molecule has 0 bridgehead atoms. The van der Waals surface area contributed by atoms with E-state index in [9.17, 15) is 19.2 Å². The van der Waals surface area contributed by atoms with E-state index in [4.69, 9.17) is 0 Å². The Morgan fingerprint density at radius 1 is 0.909 bits per heavy atom. The largest absolute Gasteiger partial charge is 0.300 e. The molecule has 0 saturated carbocycles. The maximum Gasteiger partial charge on any atom is 0.173 e. The molecule has 0 aromatic heterocycles. The van der Waals surface area contributed by atoms with Gasteiger partial charge in [-0.2, -0.15) is 0 Å². The summed E-state index contributed by atoms with van der Waals surface area (Å²) in [7, 11) is 0. The maximum absolute atomic E-state index is 12.2. The number of hydrogen-bond acceptors (Lipinski definition) is 4. The number of ketones is 4. The first kappa shape index (κ1) is 17.7. The molecule has 0 saturated heterocycles. The van der Waals surface area contributed by atoms with Gasteiger partial charge in [-0.25, -0.2) is 0 Å². The van der Waals surface area contributed by atoms with E-state index in [0.717, 1.165) is 16.7 Å². The second-order valence-corrected chi connectivity index (χ2v) is 5.52. The van der Waals surface area contributed by atoms with Crippen LogP contribution in [0.2, 0.25) is 0 Å². The van der Waals surface area contributed by atoms with Crippen molar-refractivity contribution in [1.82, 2.24) is 0 Å². The van der Waals surface area contributed by atoms with E-state index in [1.165, 1.54) is 19.9 Å². The Morgan fingerprint density at radius 3 is 1.86 bits per heavy atom. The van der Waals surface area contributed by atoms with Gasteiger partial charge in [-0.05, 0) is 44.9 Å². The van der Waals surface area contributed by atoms with Crippen LogP contribution in [0.5, 0.6) is 0 Å². The number of Topliss-reactive ketones (excluding diaryl/α,β-unsaturated/α-hetero) is 4. The summed E-state index contributed by atoms with van der Waals surface area (Å²) >= 11 is 0. The summed E-state index contributed by atoms with van der Waals surface area (Å²) < 4.78 is 0. The average Bonchev–Trinajstić information content (AvgIpc) is 2.37. The van der Waals surface area contributed by atoms with Crippen molar-refractivity contribution in [2.75, 3.05) is 0 Å². The molecule has 1 aromatic carbocycles. The van der Waals surface area contributed by atoms with Crippen LogP contribution in [-0.2, 0) is 19.2 Å². The van der Waals surface area contributed by atoms with Gasteiger partial charge >= 0.3 is 0 Å². The molecule has 116 valence electrons. The van der Waals surface area contributed by atoms with Crippen molar-refractivity contribution in [3.63, 3.8) is 0 Å². The zero-order valence-corrected chi connectivity index (χ0v) is 13.4. The van der Waals surface area contributed by atoms with E-state index in [-0.39, 0.29) is 30.0 Å². The molecule has 0 N–H and O–H groups in total. The summed E-state index contributed by atoms with van der Waals surface area (Å²) in [6, 6.07) is 5.68. The summed E-state index contributed by atoms with van der Waals surface area (Å²) in [6.07, 6.45) is 0.819. The molecule has 4 heteroatoms. The first-order valence-corrected chi connectivity index (χ1v) is 7.05. The molecule has 0 unspecified atom stereocenters. The summed E-state index contributed by atoms with van der Waals surface area (Å²) in [5.74, 6) is -1.71. The third-order valence-corrected chi connectivity index (χ3v) is 3.15. The molecule has 0 atom stereocenters. The highest BCUT2D eigenvalue weighted by Crippen LogP contribution is 2.17. The lowest BCUT2D eigenvalue weighted by molar-refractivity contribution is -0.126. The van der Waals surface area contributed by atoms with Gasteiger partial charge in [0, 0.05) is 0 Å². The third-order valence-electron chi connectivity index (χ3n) is 3.15. The van der Waals surface area contributed by atoms with Crippen molar-refractivity contribution < 1.29 is 19.2 Å². The number of hydrogen-bond donors (Lipinski definition) is 0. The Bertz CT molecular complexity index is 636. The lowest BCUT2D eigenvalue weighted by Crippen LogP contribution is -2.17. The Labute approximate surface area is 130 Å². The molecule has 0 spiro atoms. The van der Waals surface area contributed by atoms with Crippen LogP contribution in [-0.4, -0.2) is 23.1 Å². The molecular formula is C18H20O4. The Morgan fingerprint density at radius 2 is 1.41 bits per heavy atom. The first-order chi connectivity index (χ1) is 10.2. The lowest BCUT2D eigenvalue weighted by Gasteiger charge is -2.07. The van der Waals surface area contributed by atoms with E-state index in [2.05, 4.69) is 0 Å². The van der Waals surface area contributed by atoms with Gasteiger partial charge < -0.3 is 0 Å². The molecule has 22 heavy (non-hydrogen) atoms. The van der Waals surface area contributed by atoms with Crippen LogP contribution in [0.1, 0.15) is 43.4 Å². The molecule has 0 fully saturated rings. The van der Waals surface area contributed by atoms with Crippen LogP contribution >= 0.6 is 0 Å². The molecule has 0 aliphatic heterocycles. The fraction of sp³-hybridized carbons (Fsp3) is 0.333. The van der Waals surface area contributed by atoms with E-state index in [1.807, 2.05) is 32.0 Å². The number of rotatable bonds is 7. The van der Waals surface area contributed by atoms with Crippen molar-refractivity contribution in [3.8, 4) is 0 Å². The highest BCUT2D eigenvalue weighted by atomic mass is 16.2. The topological polar surface area (TPSA) is 68.3 Å².